The number of hydrogen-bond donors (Lipinski definition) is 4. The average molecular weight is 383 g/mol. The van der Waals surface area contributed by atoms with Crippen LogP contribution in [0, 0.1) is 5.92 Å². The van der Waals surface area contributed by atoms with Gasteiger partial charge in [-0.3, -0.25) is 19.6 Å². The molecule has 9 heteroatoms. The van der Waals surface area contributed by atoms with Gasteiger partial charge >= 0.3 is 0 Å². The summed E-state index contributed by atoms with van der Waals surface area (Å²) >= 11 is 1.49. The molecule has 0 radical (unpaired) electrons. The molecule has 0 aliphatic rings. The Morgan fingerprint density at radius 2 is 1.85 bits per heavy atom. The number of ether oxygens (including phenoxy) is 1. The van der Waals surface area contributed by atoms with E-state index in [1.165, 1.54) is 24.3 Å². The Labute approximate surface area is 157 Å². The summed E-state index contributed by atoms with van der Waals surface area (Å²) in [4.78, 5) is 35.4. The molecule has 0 heterocycles. The number of carbonyl (C=O) groups is 3. The minimum absolute atomic E-state index is 0.168. The Balaban J connectivity index is 2.62. The maximum Gasteiger partial charge on any atom is 0.244 e. The SMILES string of the molecule is CNC(=O)[C@H](C)NC(=O)[C@H](CSCc1ccc(OC)cc1)CC(=O)NO. The summed E-state index contributed by atoms with van der Waals surface area (Å²) in [6.07, 6.45) is -0.168. The lowest BCUT2D eigenvalue weighted by Gasteiger charge is -2.19. The van der Waals surface area contributed by atoms with Crippen molar-refractivity contribution in [2.24, 2.45) is 5.92 Å². The largest absolute Gasteiger partial charge is 0.497 e. The van der Waals surface area contributed by atoms with E-state index in [-0.39, 0.29) is 12.3 Å². The Kier molecular flexibility index (Phi) is 9.53. The van der Waals surface area contributed by atoms with Crippen LogP contribution in [0.4, 0.5) is 0 Å². The van der Waals surface area contributed by atoms with Crippen LogP contribution in [-0.2, 0) is 20.1 Å². The van der Waals surface area contributed by atoms with Crippen LogP contribution in [0.15, 0.2) is 24.3 Å². The highest BCUT2D eigenvalue weighted by atomic mass is 32.2. The molecule has 144 valence electrons. The quantitative estimate of drug-likeness (QED) is 0.349. The maximum atomic E-state index is 12.4. The normalized spacial score (nSPS) is 12.6. The number of rotatable bonds is 10. The van der Waals surface area contributed by atoms with E-state index in [0.29, 0.717) is 11.5 Å². The lowest BCUT2D eigenvalue weighted by molar-refractivity contribution is -0.135. The third-order valence-electron chi connectivity index (χ3n) is 3.67. The molecule has 0 aromatic heterocycles. The Morgan fingerprint density at radius 1 is 1.19 bits per heavy atom. The fourth-order valence-electron chi connectivity index (χ4n) is 2.15. The lowest BCUT2D eigenvalue weighted by atomic mass is 10.1. The summed E-state index contributed by atoms with van der Waals surface area (Å²) in [6, 6.07) is 6.84. The first-order chi connectivity index (χ1) is 12.4. The molecule has 1 rings (SSSR count). The second kappa shape index (κ2) is 11.4. The molecule has 26 heavy (non-hydrogen) atoms. The molecule has 0 aliphatic carbocycles. The highest BCUT2D eigenvalue weighted by Crippen LogP contribution is 2.20. The number of amides is 3. The van der Waals surface area contributed by atoms with Crippen LogP contribution in [-0.4, -0.2) is 48.9 Å². The molecule has 0 spiro atoms. The minimum atomic E-state index is -0.709. The second-order valence-corrected chi connectivity index (χ2v) is 6.67. The first kappa shape index (κ1) is 21.8. The predicted molar refractivity (Wildman–Crippen MR) is 98.9 cm³/mol. The minimum Gasteiger partial charge on any atom is -0.497 e. The second-order valence-electron chi connectivity index (χ2n) is 5.64. The summed E-state index contributed by atoms with van der Waals surface area (Å²) in [5.41, 5.74) is 2.59. The van der Waals surface area contributed by atoms with E-state index in [1.54, 1.807) is 14.0 Å². The van der Waals surface area contributed by atoms with Gasteiger partial charge < -0.3 is 15.4 Å². The molecule has 1 aromatic rings. The van der Waals surface area contributed by atoms with Crippen LogP contribution in [0.1, 0.15) is 18.9 Å². The highest BCUT2D eigenvalue weighted by molar-refractivity contribution is 7.98. The number of benzene rings is 1. The van der Waals surface area contributed by atoms with Crippen molar-refractivity contribution in [1.29, 1.82) is 0 Å². The van der Waals surface area contributed by atoms with Crippen LogP contribution < -0.4 is 20.9 Å². The van der Waals surface area contributed by atoms with Crippen LogP contribution in [0.5, 0.6) is 5.75 Å². The van der Waals surface area contributed by atoms with E-state index in [0.717, 1.165) is 11.3 Å². The van der Waals surface area contributed by atoms with Crippen molar-refractivity contribution in [3.8, 4) is 5.75 Å². The molecule has 0 bridgehead atoms. The Hall–Kier alpha value is -2.26. The maximum absolute atomic E-state index is 12.4. The van der Waals surface area contributed by atoms with Crippen molar-refractivity contribution in [2.45, 2.75) is 25.1 Å². The first-order valence-corrected chi connectivity index (χ1v) is 9.22. The molecule has 0 saturated heterocycles. The number of hydrogen-bond acceptors (Lipinski definition) is 6. The monoisotopic (exact) mass is 383 g/mol. The summed E-state index contributed by atoms with van der Waals surface area (Å²) in [7, 11) is 3.07. The Morgan fingerprint density at radius 3 is 2.38 bits per heavy atom. The molecular formula is C17H25N3O5S. The standard InChI is InChI=1S/C17H25N3O5S/c1-11(16(22)18-2)19-17(23)13(8-15(21)20-24)10-26-9-12-4-6-14(25-3)7-5-12/h4-7,11,13,24H,8-10H2,1-3H3,(H,18,22)(H,19,23)(H,20,21)/t11-,13-/m0/s1. The highest BCUT2D eigenvalue weighted by Gasteiger charge is 2.24. The van der Waals surface area contributed by atoms with Crippen molar-refractivity contribution >= 4 is 29.5 Å². The van der Waals surface area contributed by atoms with Crippen molar-refractivity contribution in [3.05, 3.63) is 29.8 Å². The van der Waals surface area contributed by atoms with Gasteiger partial charge in [0.15, 0.2) is 0 Å². The van der Waals surface area contributed by atoms with Gasteiger partial charge in [0, 0.05) is 25.0 Å². The van der Waals surface area contributed by atoms with Gasteiger partial charge in [-0.05, 0) is 24.6 Å². The van der Waals surface area contributed by atoms with E-state index < -0.39 is 23.8 Å². The molecule has 8 nitrogen and oxygen atoms in total. The molecule has 1 aromatic carbocycles. The number of methoxy groups -OCH3 is 1. The van der Waals surface area contributed by atoms with E-state index in [2.05, 4.69) is 10.6 Å². The summed E-state index contributed by atoms with van der Waals surface area (Å²) in [6.45, 7) is 1.56. The van der Waals surface area contributed by atoms with Gasteiger partial charge in [0.25, 0.3) is 0 Å². The van der Waals surface area contributed by atoms with Crippen LogP contribution in [0.25, 0.3) is 0 Å². The number of thioether (sulfide) groups is 1. The van der Waals surface area contributed by atoms with Crippen molar-refractivity contribution in [3.63, 3.8) is 0 Å². The van der Waals surface area contributed by atoms with Crippen LogP contribution >= 0.6 is 11.8 Å². The number of nitrogens with one attached hydrogen (secondary N) is 3. The lowest BCUT2D eigenvalue weighted by Crippen LogP contribution is -2.46. The van der Waals surface area contributed by atoms with Gasteiger partial charge in [-0.25, -0.2) is 5.48 Å². The van der Waals surface area contributed by atoms with Crippen LogP contribution in [0.3, 0.4) is 0 Å². The van der Waals surface area contributed by atoms with E-state index in [1.807, 2.05) is 24.3 Å². The van der Waals surface area contributed by atoms with E-state index >= 15 is 0 Å². The fraction of sp³-hybridized carbons (Fsp3) is 0.471. The van der Waals surface area contributed by atoms with E-state index in [9.17, 15) is 14.4 Å². The molecule has 3 amide bonds. The van der Waals surface area contributed by atoms with Gasteiger partial charge in [0.05, 0.1) is 13.0 Å². The third kappa shape index (κ3) is 7.32. The zero-order valence-electron chi connectivity index (χ0n) is 15.1. The van der Waals surface area contributed by atoms with Crippen molar-refractivity contribution < 1.29 is 24.3 Å². The van der Waals surface area contributed by atoms with Gasteiger partial charge in [0.1, 0.15) is 11.8 Å². The predicted octanol–water partition coefficient (Wildman–Crippen LogP) is 0.691. The number of likely N-dealkylation sites (N-methyl/N-ethyl adjacent to an activating group) is 1. The zero-order valence-corrected chi connectivity index (χ0v) is 15.9. The number of hydroxylamine groups is 1. The van der Waals surface area contributed by atoms with Crippen molar-refractivity contribution in [1.82, 2.24) is 16.1 Å². The van der Waals surface area contributed by atoms with Gasteiger partial charge in [-0.2, -0.15) is 11.8 Å². The van der Waals surface area contributed by atoms with Crippen LogP contribution in [0.2, 0.25) is 0 Å². The van der Waals surface area contributed by atoms with Crippen molar-refractivity contribution in [2.75, 3.05) is 19.9 Å². The molecule has 4 N–H and O–H groups in total. The molecule has 0 aliphatic heterocycles. The molecule has 0 unspecified atom stereocenters. The molecular weight excluding hydrogens is 358 g/mol. The van der Waals surface area contributed by atoms with Gasteiger partial charge in [-0.15, -0.1) is 0 Å². The summed E-state index contributed by atoms with van der Waals surface area (Å²) in [5.74, 6) is -0.272. The van der Waals surface area contributed by atoms with Gasteiger partial charge in [0.2, 0.25) is 17.7 Å². The third-order valence-corrected chi connectivity index (χ3v) is 4.85. The summed E-state index contributed by atoms with van der Waals surface area (Å²) < 4.78 is 5.10. The molecule has 0 fully saturated rings. The smallest absolute Gasteiger partial charge is 0.244 e. The first-order valence-electron chi connectivity index (χ1n) is 8.06. The fourth-order valence-corrected chi connectivity index (χ4v) is 3.25. The zero-order chi connectivity index (χ0) is 19.5. The van der Waals surface area contributed by atoms with E-state index in [4.69, 9.17) is 9.94 Å². The molecule has 0 saturated carbocycles. The average Bonchev–Trinajstić information content (AvgIpc) is 2.66. The summed E-state index contributed by atoms with van der Waals surface area (Å²) in [5, 5.41) is 13.7. The Bertz CT molecular complexity index is 609. The molecule has 2 atom stereocenters. The van der Waals surface area contributed by atoms with Gasteiger partial charge in [-0.1, -0.05) is 12.1 Å². The number of carbonyl (C=O) groups excluding carboxylic acids is 3. The topological polar surface area (TPSA) is 117 Å².